The van der Waals surface area contributed by atoms with Crippen molar-refractivity contribution in [1.82, 2.24) is 0 Å². The third-order valence-electron chi connectivity index (χ3n) is 2.70. The van der Waals surface area contributed by atoms with Crippen LogP contribution in [0, 0.1) is 5.41 Å². The molecule has 0 bridgehead atoms. The van der Waals surface area contributed by atoms with E-state index in [1.54, 1.807) is 37.9 Å². The third kappa shape index (κ3) is 10.9. The number of aliphatic hydroxyl groups is 2. The number of benzene rings is 1. The number of aliphatic hydroxyl groups excluding tert-OH is 2. The molecule has 130 valence electrons. The van der Waals surface area contributed by atoms with Crippen LogP contribution in [0.25, 0.3) is 0 Å². The summed E-state index contributed by atoms with van der Waals surface area (Å²) in [5, 5.41) is 23.9. The molecular formula is C16H26N2O4S. The Balaban J connectivity index is 0.000000688. The highest BCUT2D eigenvalue weighted by Gasteiger charge is 2.06. The van der Waals surface area contributed by atoms with Crippen molar-refractivity contribution in [1.29, 1.82) is 5.41 Å². The molecule has 0 aromatic heterocycles. The molecule has 23 heavy (non-hydrogen) atoms. The van der Waals surface area contributed by atoms with Gasteiger partial charge in [0, 0.05) is 36.5 Å². The van der Waals surface area contributed by atoms with Gasteiger partial charge >= 0.3 is 0 Å². The van der Waals surface area contributed by atoms with Gasteiger partial charge in [-0.1, -0.05) is 12.1 Å². The monoisotopic (exact) mass is 342 g/mol. The fraction of sp³-hybridized carbons (Fsp3) is 0.500. The maximum atomic E-state index is 10.8. The van der Waals surface area contributed by atoms with E-state index >= 15 is 0 Å². The predicted molar refractivity (Wildman–Crippen MR) is 93.1 cm³/mol. The number of thioether (sulfide) groups is 1. The van der Waals surface area contributed by atoms with Crippen LogP contribution in [0.5, 0.6) is 0 Å². The van der Waals surface area contributed by atoms with E-state index in [-0.39, 0.29) is 18.4 Å². The Labute approximate surface area is 141 Å². The number of primary amides is 1. The molecule has 0 fully saturated rings. The molecule has 5 N–H and O–H groups in total. The molecule has 0 saturated heterocycles. The number of carbonyl (C=O) groups is 1. The molecule has 0 spiro atoms. The van der Waals surface area contributed by atoms with E-state index < -0.39 is 5.91 Å². The van der Waals surface area contributed by atoms with Crippen molar-refractivity contribution in [2.75, 3.05) is 26.1 Å². The maximum absolute atomic E-state index is 10.8. The van der Waals surface area contributed by atoms with Crippen LogP contribution in [-0.4, -0.2) is 54.0 Å². The Kier molecular flexibility index (Phi) is 12.3. The number of amides is 1. The first kappa shape index (κ1) is 21.6. The molecular weight excluding hydrogens is 316 g/mol. The SMILES string of the molecule is COCCCSc1ccc(C(=N)C(N)=O)cc1.C[C@H](O)CCO. The molecule has 1 atom stereocenters. The summed E-state index contributed by atoms with van der Waals surface area (Å²) in [5.74, 6) is 0.283. The number of nitrogens with one attached hydrogen (secondary N) is 1. The Bertz CT molecular complexity index is 464. The Hall–Kier alpha value is -1.41. The summed E-state index contributed by atoms with van der Waals surface area (Å²) in [4.78, 5) is 11.9. The average Bonchev–Trinajstić information content (AvgIpc) is 2.52. The van der Waals surface area contributed by atoms with Crippen molar-refractivity contribution in [3.05, 3.63) is 29.8 Å². The van der Waals surface area contributed by atoms with Gasteiger partial charge in [0.2, 0.25) is 0 Å². The normalized spacial score (nSPS) is 11.3. The molecule has 6 nitrogen and oxygen atoms in total. The van der Waals surface area contributed by atoms with Crippen LogP contribution in [0.2, 0.25) is 0 Å². The molecule has 0 aliphatic rings. The van der Waals surface area contributed by atoms with Gasteiger partial charge in [-0.15, -0.1) is 11.8 Å². The Morgan fingerprint density at radius 2 is 2.00 bits per heavy atom. The van der Waals surface area contributed by atoms with Gasteiger partial charge in [-0.25, -0.2) is 0 Å². The van der Waals surface area contributed by atoms with E-state index in [1.807, 2.05) is 12.1 Å². The molecule has 7 heteroatoms. The second kappa shape index (κ2) is 13.1. The van der Waals surface area contributed by atoms with Gasteiger partial charge in [0.1, 0.15) is 5.71 Å². The zero-order valence-electron chi connectivity index (χ0n) is 13.6. The summed E-state index contributed by atoms with van der Waals surface area (Å²) in [7, 11) is 1.69. The van der Waals surface area contributed by atoms with Crippen LogP contribution < -0.4 is 5.73 Å². The zero-order chi connectivity index (χ0) is 17.7. The van der Waals surface area contributed by atoms with E-state index in [1.165, 1.54) is 0 Å². The van der Waals surface area contributed by atoms with Crippen molar-refractivity contribution < 1.29 is 19.7 Å². The quantitative estimate of drug-likeness (QED) is 0.308. The molecule has 1 rings (SSSR count). The first-order valence-electron chi connectivity index (χ1n) is 7.31. The summed E-state index contributed by atoms with van der Waals surface area (Å²) >= 11 is 1.72. The van der Waals surface area contributed by atoms with E-state index in [2.05, 4.69) is 0 Å². The summed E-state index contributed by atoms with van der Waals surface area (Å²) < 4.78 is 4.96. The summed E-state index contributed by atoms with van der Waals surface area (Å²) in [6.07, 6.45) is 1.13. The topological polar surface area (TPSA) is 117 Å². The van der Waals surface area contributed by atoms with E-state index in [0.717, 1.165) is 23.7 Å². The number of carbonyl (C=O) groups excluding carboxylic acids is 1. The fourth-order valence-electron chi connectivity index (χ4n) is 1.44. The van der Waals surface area contributed by atoms with Crippen LogP contribution in [-0.2, 0) is 9.53 Å². The van der Waals surface area contributed by atoms with Crippen LogP contribution in [0.3, 0.4) is 0 Å². The van der Waals surface area contributed by atoms with Gasteiger partial charge in [-0.05, 0) is 31.9 Å². The van der Waals surface area contributed by atoms with E-state index in [9.17, 15) is 4.79 Å². The largest absolute Gasteiger partial charge is 0.396 e. The lowest BCUT2D eigenvalue weighted by atomic mass is 10.1. The van der Waals surface area contributed by atoms with Crippen LogP contribution >= 0.6 is 11.8 Å². The minimum Gasteiger partial charge on any atom is -0.396 e. The molecule has 1 amide bonds. The third-order valence-corrected chi connectivity index (χ3v) is 3.80. The number of hydrogen-bond acceptors (Lipinski definition) is 6. The fourth-order valence-corrected chi connectivity index (χ4v) is 2.27. The van der Waals surface area contributed by atoms with Crippen molar-refractivity contribution >= 4 is 23.4 Å². The molecule has 0 radical (unpaired) electrons. The van der Waals surface area contributed by atoms with Gasteiger partial charge in [0.05, 0.1) is 6.10 Å². The van der Waals surface area contributed by atoms with Crippen LogP contribution in [0.4, 0.5) is 0 Å². The molecule has 0 unspecified atom stereocenters. The zero-order valence-corrected chi connectivity index (χ0v) is 14.4. The molecule has 0 heterocycles. The number of nitrogens with two attached hydrogens (primary N) is 1. The predicted octanol–water partition coefficient (Wildman–Crippen LogP) is 1.42. The van der Waals surface area contributed by atoms with Gasteiger partial charge in [0.15, 0.2) is 0 Å². The lowest BCUT2D eigenvalue weighted by Crippen LogP contribution is -2.22. The van der Waals surface area contributed by atoms with Crippen molar-refractivity contribution in [3.8, 4) is 0 Å². The van der Waals surface area contributed by atoms with Crippen molar-refractivity contribution in [3.63, 3.8) is 0 Å². The number of methoxy groups -OCH3 is 1. The maximum Gasteiger partial charge on any atom is 0.267 e. The smallest absolute Gasteiger partial charge is 0.267 e. The molecule has 0 aliphatic heterocycles. The number of rotatable bonds is 9. The average molecular weight is 342 g/mol. The highest BCUT2D eigenvalue weighted by atomic mass is 32.2. The lowest BCUT2D eigenvalue weighted by molar-refractivity contribution is -0.112. The summed E-state index contributed by atoms with van der Waals surface area (Å²) in [6, 6.07) is 7.27. The second-order valence-electron chi connectivity index (χ2n) is 4.82. The Morgan fingerprint density at radius 1 is 1.39 bits per heavy atom. The van der Waals surface area contributed by atoms with E-state index in [4.69, 9.17) is 26.1 Å². The Morgan fingerprint density at radius 3 is 2.39 bits per heavy atom. The van der Waals surface area contributed by atoms with Crippen molar-refractivity contribution in [2.45, 2.75) is 30.8 Å². The van der Waals surface area contributed by atoms with Gasteiger partial charge in [-0.3, -0.25) is 10.2 Å². The van der Waals surface area contributed by atoms with Gasteiger partial charge in [-0.2, -0.15) is 0 Å². The van der Waals surface area contributed by atoms with Gasteiger partial charge in [0.25, 0.3) is 5.91 Å². The highest BCUT2D eigenvalue weighted by molar-refractivity contribution is 7.99. The first-order valence-corrected chi connectivity index (χ1v) is 8.30. The minimum atomic E-state index is -0.703. The second-order valence-corrected chi connectivity index (χ2v) is 5.99. The van der Waals surface area contributed by atoms with E-state index in [0.29, 0.717) is 12.0 Å². The van der Waals surface area contributed by atoms with Crippen molar-refractivity contribution in [2.24, 2.45) is 5.73 Å². The number of ether oxygens (including phenoxy) is 1. The summed E-state index contributed by atoms with van der Waals surface area (Å²) in [6.45, 7) is 2.49. The lowest BCUT2D eigenvalue weighted by Gasteiger charge is -2.03. The molecule has 1 aromatic rings. The molecule has 0 saturated carbocycles. The number of hydrogen-bond donors (Lipinski definition) is 4. The molecule has 0 aliphatic carbocycles. The van der Waals surface area contributed by atoms with Crippen LogP contribution in [0.15, 0.2) is 29.2 Å². The standard InChI is InChI=1S/C12H16N2O2S.C4H10O2/c1-16-7-2-8-17-10-5-3-9(4-6-10)11(13)12(14)15;1-4(6)2-3-5/h3-6,13H,2,7-8H2,1H3,(H2,14,15);4-6H,2-3H2,1H3/t;4-/m.0/s1. The minimum absolute atomic E-state index is 0.0810. The first-order chi connectivity index (χ1) is 10.9. The highest BCUT2D eigenvalue weighted by Crippen LogP contribution is 2.19. The van der Waals surface area contributed by atoms with Gasteiger partial charge < -0.3 is 20.7 Å². The molecule has 1 aromatic carbocycles. The summed E-state index contributed by atoms with van der Waals surface area (Å²) in [5.41, 5.74) is 5.44. The van der Waals surface area contributed by atoms with Crippen LogP contribution in [0.1, 0.15) is 25.3 Å².